The summed E-state index contributed by atoms with van der Waals surface area (Å²) in [6, 6.07) is 0. The van der Waals surface area contributed by atoms with Gasteiger partial charge in [0, 0.05) is 12.6 Å². The van der Waals surface area contributed by atoms with Crippen molar-refractivity contribution in [3.05, 3.63) is 18.2 Å². The molecule has 1 saturated heterocycles. The zero-order valence-corrected chi connectivity index (χ0v) is 20.3. The van der Waals surface area contributed by atoms with Crippen LogP contribution >= 0.6 is 28.4 Å². The van der Waals surface area contributed by atoms with Gasteiger partial charge in [-0.25, -0.2) is 14.4 Å². The van der Waals surface area contributed by atoms with Gasteiger partial charge in [0.25, 0.3) is 0 Å². The van der Waals surface area contributed by atoms with Gasteiger partial charge < -0.3 is 14.7 Å². The molecule has 164 valence electrons. The SMILES string of the molecule is CCCCC(C(=O)C1(CCCC)OCCO1)/C(=N/O)c1ncc2cnn(PI)c2n1. The van der Waals surface area contributed by atoms with Crippen LogP contribution in [0.5, 0.6) is 0 Å². The molecule has 9 nitrogen and oxygen atoms in total. The van der Waals surface area contributed by atoms with Crippen molar-refractivity contribution in [2.45, 2.75) is 58.2 Å². The largest absolute Gasteiger partial charge is 0.411 e. The first kappa shape index (κ1) is 23.4. The van der Waals surface area contributed by atoms with Crippen LogP contribution in [0, 0.1) is 5.92 Å². The van der Waals surface area contributed by atoms with Crippen molar-refractivity contribution >= 4 is 50.9 Å². The van der Waals surface area contributed by atoms with Crippen LogP contribution in [0.15, 0.2) is 17.5 Å². The van der Waals surface area contributed by atoms with Gasteiger partial charge in [0.2, 0.25) is 11.6 Å². The van der Waals surface area contributed by atoms with Gasteiger partial charge in [-0.3, -0.25) is 4.79 Å². The number of carbonyl (C=O) groups excluding carboxylic acids is 1. The molecule has 0 aliphatic carbocycles. The van der Waals surface area contributed by atoms with E-state index >= 15 is 0 Å². The number of carbonyl (C=O) groups is 1. The number of nitrogens with zero attached hydrogens (tertiary/aromatic N) is 5. The summed E-state index contributed by atoms with van der Waals surface area (Å²) in [5, 5.41) is 18.5. The third-order valence-electron chi connectivity index (χ3n) is 5.21. The smallest absolute Gasteiger partial charge is 0.229 e. The first-order valence-electron chi connectivity index (χ1n) is 10.2. The lowest BCUT2D eigenvalue weighted by Crippen LogP contribution is -2.46. The van der Waals surface area contributed by atoms with Gasteiger partial charge in [-0.2, -0.15) is 5.10 Å². The lowest BCUT2D eigenvalue weighted by molar-refractivity contribution is -0.185. The summed E-state index contributed by atoms with van der Waals surface area (Å²) in [5.41, 5.74) is 0.791. The van der Waals surface area contributed by atoms with Crippen LogP contribution in [-0.2, 0) is 14.3 Å². The fourth-order valence-electron chi connectivity index (χ4n) is 3.61. The first-order valence-corrected chi connectivity index (χ1v) is 14.3. The normalized spacial score (nSPS) is 17.9. The molecular formula is C19H27IN5O4P. The lowest BCUT2D eigenvalue weighted by Gasteiger charge is -2.30. The van der Waals surface area contributed by atoms with E-state index in [9.17, 15) is 10.0 Å². The fourth-order valence-corrected chi connectivity index (χ4v) is 5.03. The molecule has 1 aliphatic rings. The molecule has 0 radical (unpaired) electrons. The molecule has 0 amide bonds. The van der Waals surface area contributed by atoms with E-state index in [-0.39, 0.29) is 17.3 Å². The van der Waals surface area contributed by atoms with Crippen LogP contribution in [0.1, 0.15) is 58.2 Å². The van der Waals surface area contributed by atoms with Crippen molar-refractivity contribution in [2.24, 2.45) is 11.1 Å². The second-order valence-corrected chi connectivity index (χ2v) is 9.25. The van der Waals surface area contributed by atoms with Gasteiger partial charge in [0.1, 0.15) is 5.71 Å². The highest BCUT2D eigenvalue weighted by molar-refractivity contribution is 14.2. The van der Waals surface area contributed by atoms with Crippen molar-refractivity contribution in [3.63, 3.8) is 0 Å². The minimum Gasteiger partial charge on any atom is -0.411 e. The quantitative estimate of drug-likeness (QED) is 0.148. The number of ketones is 1. The molecule has 3 heterocycles. The summed E-state index contributed by atoms with van der Waals surface area (Å²) < 4.78 is 13.4. The Morgan fingerprint density at radius 1 is 1.33 bits per heavy atom. The van der Waals surface area contributed by atoms with Crippen molar-refractivity contribution in [1.82, 2.24) is 19.5 Å². The maximum absolute atomic E-state index is 13.7. The topological polar surface area (TPSA) is 112 Å². The summed E-state index contributed by atoms with van der Waals surface area (Å²) in [5.74, 6) is -2.01. The van der Waals surface area contributed by atoms with Crippen LogP contribution in [0.4, 0.5) is 0 Å². The first-order chi connectivity index (χ1) is 14.6. The van der Waals surface area contributed by atoms with E-state index in [0.717, 1.165) is 31.1 Å². The number of aromatic nitrogens is 4. The van der Waals surface area contributed by atoms with Crippen molar-refractivity contribution in [3.8, 4) is 0 Å². The Bertz CT molecular complexity index is 900. The van der Waals surface area contributed by atoms with E-state index in [0.29, 0.717) is 38.1 Å². The summed E-state index contributed by atoms with van der Waals surface area (Å²) in [4.78, 5) is 22.6. The molecule has 0 aromatic carbocycles. The molecule has 1 aliphatic heterocycles. The maximum atomic E-state index is 13.7. The van der Waals surface area contributed by atoms with Crippen molar-refractivity contribution < 1.29 is 19.5 Å². The van der Waals surface area contributed by atoms with Gasteiger partial charge in [0.15, 0.2) is 11.5 Å². The predicted molar refractivity (Wildman–Crippen MR) is 124 cm³/mol. The van der Waals surface area contributed by atoms with Crippen molar-refractivity contribution in [1.29, 1.82) is 0 Å². The monoisotopic (exact) mass is 547 g/mol. The summed E-state index contributed by atoms with van der Waals surface area (Å²) in [7, 11) is 0. The number of hydrogen-bond acceptors (Lipinski definition) is 8. The molecule has 30 heavy (non-hydrogen) atoms. The Kier molecular flexibility index (Phi) is 8.50. The Labute approximate surface area is 190 Å². The van der Waals surface area contributed by atoms with Crippen molar-refractivity contribution in [2.75, 3.05) is 13.2 Å². The van der Waals surface area contributed by atoms with E-state index < -0.39 is 11.7 Å². The van der Waals surface area contributed by atoms with E-state index in [1.54, 1.807) is 16.8 Å². The number of ether oxygens (including phenoxy) is 2. The number of halogens is 1. The Hall–Kier alpha value is -1.23. The highest BCUT2D eigenvalue weighted by Gasteiger charge is 2.48. The molecule has 0 spiro atoms. The number of Topliss-reactive ketones (excluding diaryl/α,β-unsaturated/α-hetero) is 1. The minimum atomic E-state index is -1.29. The van der Waals surface area contributed by atoms with Crippen LogP contribution in [0.2, 0.25) is 0 Å². The predicted octanol–water partition coefficient (Wildman–Crippen LogP) is 4.11. The van der Waals surface area contributed by atoms with Crippen LogP contribution < -0.4 is 0 Å². The summed E-state index contributed by atoms with van der Waals surface area (Å²) in [6.07, 6.45) is 8.08. The van der Waals surface area contributed by atoms with Crippen LogP contribution in [-0.4, -0.2) is 55.2 Å². The van der Waals surface area contributed by atoms with Gasteiger partial charge in [-0.05, 0) is 34.9 Å². The molecule has 3 rings (SSSR count). The Morgan fingerprint density at radius 2 is 2.07 bits per heavy atom. The lowest BCUT2D eigenvalue weighted by atomic mass is 9.85. The average Bonchev–Trinajstić information content (AvgIpc) is 3.42. The number of fused-ring (bicyclic) bond motifs is 1. The second kappa shape index (κ2) is 10.9. The van der Waals surface area contributed by atoms with Crippen LogP contribution in [0.25, 0.3) is 11.0 Å². The highest BCUT2D eigenvalue weighted by atomic mass is 127. The highest BCUT2D eigenvalue weighted by Crippen LogP contribution is 2.33. The standard InChI is InChI=1S/C19H27IN5O4P/c1-3-5-7-14(16(26)19(8-6-4-2)28-9-10-29-19)15(24-27)17-21-11-13-12-22-25(30-20)18(13)23-17/h11-12,14,27,30H,3-10H2,1-2H3/b24-15-. The molecule has 11 heteroatoms. The molecule has 1 N–H and O–H groups in total. The number of rotatable bonds is 11. The molecule has 2 atom stereocenters. The fraction of sp³-hybridized carbons (Fsp3) is 0.632. The van der Waals surface area contributed by atoms with Crippen LogP contribution in [0.3, 0.4) is 0 Å². The van der Waals surface area contributed by atoms with E-state index in [4.69, 9.17) is 9.47 Å². The van der Waals surface area contributed by atoms with E-state index in [2.05, 4.69) is 56.1 Å². The van der Waals surface area contributed by atoms with Gasteiger partial charge in [0.05, 0.1) is 37.1 Å². The molecule has 2 unspecified atom stereocenters. The minimum absolute atomic E-state index is 0.148. The summed E-state index contributed by atoms with van der Waals surface area (Å²) >= 11 is 2.22. The zero-order valence-electron chi connectivity index (χ0n) is 17.2. The molecule has 1 fully saturated rings. The third-order valence-corrected chi connectivity index (χ3v) is 7.07. The van der Waals surface area contributed by atoms with Gasteiger partial charge in [-0.15, -0.1) is 0 Å². The Balaban J connectivity index is 1.99. The van der Waals surface area contributed by atoms with Gasteiger partial charge in [-0.1, -0.05) is 38.3 Å². The number of hydrogen-bond donors (Lipinski definition) is 1. The van der Waals surface area contributed by atoms with Gasteiger partial charge >= 0.3 is 0 Å². The maximum Gasteiger partial charge on any atom is 0.229 e. The molecular weight excluding hydrogens is 520 g/mol. The molecule has 2 aromatic heterocycles. The summed E-state index contributed by atoms with van der Waals surface area (Å²) in [6.45, 7) is 4.86. The molecule has 2 aromatic rings. The Morgan fingerprint density at radius 3 is 2.70 bits per heavy atom. The molecule has 0 saturated carbocycles. The van der Waals surface area contributed by atoms with E-state index in [1.807, 2.05) is 0 Å². The number of oxime groups is 1. The van der Waals surface area contributed by atoms with E-state index in [1.165, 1.54) is 0 Å². The number of unbranched alkanes of at least 4 members (excludes halogenated alkanes) is 2. The average molecular weight is 547 g/mol. The second-order valence-electron chi connectivity index (χ2n) is 7.21. The molecule has 0 bridgehead atoms. The third kappa shape index (κ3) is 4.81. The zero-order chi connectivity index (χ0) is 21.6.